The number of aromatic nitrogens is 2. The maximum atomic E-state index is 11.1. The molecule has 2 aromatic heterocycles. The fourth-order valence-corrected chi connectivity index (χ4v) is 4.40. The molecule has 1 amide bonds. The molecule has 1 saturated heterocycles. The lowest BCUT2D eigenvalue weighted by molar-refractivity contribution is -0.114. The Morgan fingerprint density at radius 2 is 2.04 bits per heavy atom. The lowest BCUT2D eigenvalue weighted by atomic mass is 10.0. The molecule has 7 heteroatoms. The van der Waals surface area contributed by atoms with Gasteiger partial charge < -0.3 is 10.2 Å². The van der Waals surface area contributed by atoms with Crippen molar-refractivity contribution >= 4 is 22.4 Å². The number of nitrogens with one attached hydrogen (secondary N) is 1. The molecule has 1 atom stereocenters. The van der Waals surface area contributed by atoms with Gasteiger partial charge in [0.2, 0.25) is 5.91 Å². The second-order valence-corrected chi connectivity index (χ2v) is 8.26. The number of carbonyl (C=O) groups excluding carboxylic acids is 1. The minimum Gasteiger partial charge on any atom is -0.302 e. The maximum absolute atomic E-state index is 11.1. The van der Waals surface area contributed by atoms with Crippen molar-refractivity contribution in [2.45, 2.75) is 39.8 Å². The number of piperazine rings is 1. The number of aryl methyl sites for hydroxylation is 2. The van der Waals surface area contributed by atoms with Crippen LogP contribution in [0.2, 0.25) is 0 Å². The molecule has 1 N–H and O–H groups in total. The van der Waals surface area contributed by atoms with E-state index in [1.807, 2.05) is 6.20 Å². The smallest absolute Gasteiger partial charge is 0.223 e. The molecule has 1 fully saturated rings. The van der Waals surface area contributed by atoms with Crippen molar-refractivity contribution < 1.29 is 4.79 Å². The zero-order valence-electron chi connectivity index (χ0n) is 16.0. The van der Waals surface area contributed by atoms with Gasteiger partial charge in [-0.05, 0) is 45.0 Å². The Labute approximate surface area is 159 Å². The summed E-state index contributed by atoms with van der Waals surface area (Å²) >= 11 is 1.56. The summed E-state index contributed by atoms with van der Waals surface area (Å²) in [7, 11) is 2.21. The van der Waals surface area contributed by atoms with Crippen LogP contribution in [0, 0.1) is 13.8 Å². The van der Waals surface area contributed by atoms with Gasteiger partial charge in [0.05, 0.1) is 0 Å². The number of thiazole rings is 1. The molecule has 140 valence electrons. The topological polar surface area (TPSA) is 61.4 Å². The first-order chi connectivity index (χ1) is 12.4. The van der Waals surface area contributed by atoms with Crippen LogP contribution in [-0.4, -0.2) is 58.4 Å². The van der Waals surface area contributed by atoms with E-state index in [9.17, 15) is 4.79 Å². The molecular formula is C19H27N5OS. The van der Waals surface area contributed by atoms with Crippen LogP contribution >= 0.6 is 11.3 Å². The Bertz CT molecular complexity index is 755. The molecule has 0 aliphatic carbocycles. The van der Waals surface area contributed by atoms with E-state index in [4.69, 9.17) is 0 Å². The highest BCUT2D eigenvalue weighted by Crippen LogP contribution is 2.22. The molecule has 3 heterocycles. The van der Waals surface area contributed by atoms with E-state index in [0.717, 1.165) is 44.0 Å². The van der Waals surface area contributed by atoms with Crippen LogP contribution in [0.4, 0.5) is 5.13 Å². The maximum Gasteiger partial charge on any atom is 0.223 e. The lowest BCUT2D eigenvalue weighted by Crippen LogP contribution is -2.51. The van der Waals surface area contributed by atoms with E-state index in [0.29, 0.717) is 11.2 Å². The Kier molecular flexibility index (Phi) is 6.01. The van der Waals surface area contributed by atoms with Gasteiger partial charge in [0.1, 0.15) is 0 Å². The van der Waals surface area contributed by atoms with Gasteiger partial charge in [-0.15, -0.1) is 11.3 Å². The van der Waals surface area contributed by atoms with Crippen LogP contribution in [0.3, 0.4) is 0 Å². The first-order valence-electron chi connectivity index (χ1n) is 8.98. The van der Waals surface area contributed by atoms with Crippen LogP contribution in [0.15, 0.2) is 18.3 Å². The summed E-state index contributed by atoms with van der Waals surface area (Å²) in [6, 6.07) is 4.89. The third-order valence-electron chi connectivity index (χ3n) is 4.69. The normalized spacial score (nSPS) is 18.8. The summed E-state index contributed by atoms with van der Waals surface area (Å²) in [5.41, 5.74) is 3.54. The quantitative estimate of drug-likeness (QED) is 0.872. The van der Waals surface area contributed by atoms with Gasteiger partial charge in [-0.3, -0.25) is 14.7 Å². The standard InChI is InChI=1S/C19H27N5OS/c1-13-7-16(8-14(2)21-13)9-17-11-24(6-5-23(17)4)12-18-10-20-19(26-18)22-15(3)25/h7-8,10,17H,5-6,9,11-12H2,1-4H3,(H,20,22,25)/t17-/m0/s1. The summed E-state index contributed by atoms with van der Waals surface area (Å²) in [5.74, 6) is -0.0755. The van der Waals surface area contributed by atoms with Crippen molar-refractivity contribution in [3.05, 3.63) is 40.2 Å². The zero-order valence-corrected chi connectivity index (χ0v) is 16.8. The summed E-state index contributed by atoms with van der Waals surface area (Å²) in [6.07, 6.45) is 2.91. The van der Waals surface area contributed by atoms with Crippen LogP contribution in [0.5, 0.6) is 0 Å². The molecule has 0 aromatic carbocycles. The van der Waals surface area contributed by atoms with Crippen molar-refractivity contribution in [2.24, 2.45) is 0 Å². The lowest BCUT2D eigenvalue weighted by Gasteiger charge is -2.39. The highest BCUT2D eigenvalue weighted by Gasteiger charge is 2.25. The van der Waals surface area contributed by atoms with Crippen molar-refractivity contribution in [1.29, 1.82) is 0 Å². The van der Waals surface area contributed by atoms with E-state index in [1.165, 1.54) is 17.4 Å². The predicted molar refractivity (Wildman–Crippen MR) is 106 cm³/mol. The van der Waals surface area contributed by atoms with E-state index in [1.54, 1.807) is 11.3 Å². The molecule has 0 unspecified atom stereocenters. The number of nitrogens with zero attached hydrogens (tertiary/aromatic N) is 4. The average molecular weight is 374 g/mol. The average Bonchev–Trinajstić information content (AvgIpc) is 2.96. The number of likely N-dealkylation sites (N-methyl/N-ethyl adjacent to an activating group) is 1. The summed E-state index contributed by atoms with van der Waals surface area (Å²) in [6.45, 7) is 9.66. The van der Waals surface area contributed by atoms with Gasteiger partial charge in [0.25, 0.3) is 0 Å². The molecule has 0 radical (unpaired) electrons. The zero-order chi connectivity index (χ0) is 18.7. The van der Waals surface area contributed by atoms with Crippen LogP contribution in [-0.2, 0) is 17.8 Å². The van der Waals surface area contributed by atoms with Gasteiger partial charge in [0, 0.05) is 61.6 Å². The monoisotopic (exact) mass is 373 g/mol. The number of hydrogen-bond donors (Lipinski definition) is 1. The van der Waals surface area contributed by atoms with Crippen molar-refractivity contribution in [3.8, 4) is 0 Å². The summed E-state index contributed by atoms with van der Waals surface area (Å²) in [5, 5.41) is 3.44. The molecule has 1 aliphatic heterocycles. The second-order valence-electron chi connectivity index (χ2n) is 7.14. The van der Waals surface area contributed by atoms with Crippen molar-refractivity contribution in [3.63, 3.8) is 0 Å². The molecule has 1 aliphatic rings. The third-order valence-corrected chi connectivity index (χ3v) is 5.59. The second kappa shape index (κ2) is 8.24. The van der Waals surface area contributed by atoms with Crippen LogP contribution < -0.4 is 5.32 Å². The first-order valence-corrected chi connectivity index (χ1v) is 9.80. The fourth-order valence-electron chi connectivity index (χ4n) is 3.49. The Balaban J connectivity index is 1.62. The fraction of sp³-hybridized carbons (Fsp3) is 0.526. The largest absolute Gasteiger partial charge is 0.302 e. The van der Waals surface area contributed by atoms with Crippen LogP contribution in [0.1, 0.15) is 28.8 Å². The van der Waals surface area contributed by atoms with Crippen molar-refractivity contribution in [1.82, 2.24) is 19.8 Å². The molecule has 3 rings (SSSR count). The minimum atomic E-state index is -0.0755. The number of anilines is 1. The van der Waals surface area contributed by atoms with E-state index in [-0.39, 0.29) is 5.91 Å². The molecule has 6 nitrogen and oxygen atoms in total. The highest BCUT2D eigenvalue weighted by molar-refractivity contribution is 7.15. The number of carbonyl (C=O) groups is 1. The van der Waals surface area contributed by atoms with Gasteiger partial charge in [0.15, 0.2) is 5.13 Å². The van der Waals surface area contributed by atoms with E-state index < -0.39 is 0 Å². The van der Waals surface area contributed by atoms with E-state index >= 15 is 0 Å². The number of rotatable bonds is 5. The SMILES string of the molecule is CC(=O)Nc1ncc(CN2CCN(C)[C@@H](Cc3cc(C)nc(C)c3)C2)s1. The van der Waals surface area contributed by atoms with Crippen molar-refractivity contribution in [2.75, 3.05) is 32.0 Å². The molecule has 0 saturated carbocycles. The minimum absolute atomic E-state index is 0.0755. The third kappa shape index (κ3) is 5.09. The van der Waals surface area contributed by atoms with Gasteiger partial charge in [-0.1, -0.05) is 0 Å². The summed E-state index contributed by atoms with van der Waals surface area (Å²) < 4.78 is 0. The predicted octanol–water partition coefficient (Wildman–Crippen LogP) is 2.47. The number of amides is 1. The molecule has 26 heavy (non-hydrogen) atoms. The molecular weight excluding hydrogens is 346 g/mol. The molecule has 2 aromatic rings. The Morgan fingerprint density at radius 1 is 1.31 bits per heavy atom. The first kappa shape index (κ1) is 18.9. The highest BCUT2D eigenvalue weighted by atomic mass is 32.1. The van der Waals surface area contributed by atoms with Gasteiger partial charge in [-0.2, -0.15) is 0 Å². The van der Waals surface area contributed by atoms with Crippen LogP contribution in [0.25, 0.3) is 0 Å². The van der Waals surface area contributed by atoms with Gasteiger partial charge in [-0.25, -0.2) is 4.98 Å². The van der Waals surface area contributed by atoms with E-state index in [2.05, 4.69) is 58.1 Å². The van der Waals surface area contributed by atoms with Gasteiger partial charge >= 0.3 is 0 Å². The Hall–Kier alpha value is -1.83. The number of hydrogen-bond acceptors (Lipinski definition) is 6. The number of pyridine rings is 1. The molecule has 0 bridgehead atoms. The Morgan fingerprint density at radius 3 is 2.73 bits per heavy atom. The molecule has 0 spiro atoms. The summed E-state index contributed by atoms with van der Waals surface area (Å²) in [4.78, 5) is 26.0.